The second-order valence-electron chi connectivity index (χ2n) is 7.51. The van der Waals surface area contributed by atoms with Crippen LogP contribution in [0.4, 0.5) is 5.69 Å². The number of nitro groups is 1. The van der Waals surface area contributed by atoms with E-state index in [9.17, 15) is 14.9 Å². The van der Waals surface area contributed by atoms with Gasteiger partial charge in [0.25, 0.3) is 5.69 Å². The summed E-state index contributed by atoms with van der Waals surface area (Å²) in [5.41, 5.74) is 2.49. The molecule has 8 nitrogen and oxygen atoms in total. The van der Waals surface area contributed by atoms with Gasteiger partial charge in [0.05, 0.1) is 27.6 Å². The number of hydrogen-bond acceptors (Lipinski definition) is 7. The summed E-state index contributed by atoms with van der Waals surface area (Å²) >= 11 is 12.6. The van der Waals surface area contributed by atoms with Crippen LogP contribution in [0, 0.1) is 17.0 Å². The largest absolute Gasteiger partial charge is 0.493 e. The van der Waals surface area contributed by atoms with Crippen molar-refractivity contribution < 1.29 is 23.9 Å². The van der Waals surface area contributed by atoms with Crippen molar-refractivity contribution in [2.24, 2.45) is 4.99 Å². The van der Waals surface area contributed by atoms with Gasteiger partial charge in [-0.05, 0) is 47.9 Å². The number of carbonyl (C=O) groups excluding carboxylic acids is 1. The fourth-order valence-corrected chi connectivity index (χ4v) is 3.83. The average molecular weight is 513 g/mol. The number of methoxy groups -OCH3 is 1. The lowest BCUT2D eigenvalue weighted by molar-refractivity contribution is -0.384. The zero-order chi connectivity index (χ0) is 25.1. The van der Waals surface area contributed by atoms with Gasteiger partial charge in [0.1, 0.15) is 6.61 Å². The number of aryl methyl sites for hydroxylation is 1. The van der Waals surface area contributed by atoms with Crippen molar-refractivity contribution >= 4 is 46.8 Å². The van der Waals surface area contributed by atoms with Crippen LogP contribution < -0.4 is 9.47 Å². The molecule has 0 N–H and O–H groups in total. The molecule has 0 unspecified atom stereocenters. The van der Waals surface area contributed by atoms with Crippen molar-refractivity contribution in [3.8, 4) is 11.5 Å². The number of nitrogens with zero attached hydrogens (tertiary/aromatic N) is 2. The smallest absolute Gasteiger partial charge is 0.363 e. The van der Waals surface area contributed by atoms with Crippen LogP contribution in [0.3, 0.4) is 0 Å². The van der Waals surface area contributed by atoms with Crippen molar-refractivity contribution in [1.82, 2.24) is 0 Å². The van der Waals surface area contributed by atoms with Gasteiger partial charge < -0.3 is 14.2 Å². The van der Waals surface area contributed by atoms with Gasteiger partial charge in [-0.15, -0.1) is 0 Å². The molecule has 0 atom stereocenters. The van der Waals surface area contributed by atoms with Gasteiger partial charge >= 0.3 is 5.97 Å². The summed E-state index contributed by atoms with van der Waals surface area (Å²) in [6.07, 6.45) is 1.46. The van der Waals surface area contributed by atoms with Crippen LogP contribution in [0.1, 0.15) is 22.3 Å². The summed E-state index contributed by atoms with van der Waals surface area (Å²) in [6.45, 7) is 2.29. The van der Waals surface area contributed by atoms with E-state index in [0.29, 0.717) is 23.7 Å². The fourth-order valence-electron chi connectivity index (χ4n) is 3.36. The highest BCUT2D eigenvalue weighted by Gasteiger charge is 2.27. The van der Waals surface area contributed by atoms with Gasteiger partial charge in [0, 0.05) is 12.1 Å². The zero-order valence-corrected chi connectivity index (χ0v) is 20.1. The molecule has 0 fully saturated rings. The number of benzene rings is 3. The zero-order valence-electron chi connectivity index (χ0n) is 18.6. The third-order valence-corrected chi connectivity index (χ3v) is 5.81. The minimum atomic E-state index is -0.738. The molecule has 178 valence electrons. The molecule has 0 saturated heterocycles. The predicted octanol–water partition coefficient (Wildman–Crippen LogP) is 6.14. The molecule has 0 aliphatic carbocycles. The van der Waals surface area contributed by atoms with E-state index in [1.165, 1.54) is 31.4 Å². The Balaban J connectivity index is 1.63. The quantitative estimate of drug-likeness (QED) is 0.163. The highest BCUT2D eigenvalue weighted by Crippen LogP contribution is 2.38. The molecule has 10 heteroatoms. The van der Waals surface area contributed by atoms with E-state index in [0.717, 1.165) is 11.1 Å². The molecule has 35 heavy (non-hydrogen) atoms. The summed E-state index contributed by atoms with van der Waals surface area (Å²) in [4.78, 5) is 27.1. The van der Waals surface area contributed by atoms with Crippen LogP contribution in [0.2, 0.25) is 10.0 Å². The van der Waals surface area contributed by atoms with Crippen LogP contribution in [0.15, 0.2) is 65.3 Å². The number of halogens is 2. The third-order valence-electron chi connectivity index (χ3n) is 5.20. The molecule has 1 aliphatic rings. The van der Waals surface area contributed by atoms with E-state index >= 15 is 0 Å². The van der Waals surface area contributed by atoms with E-state index in [-0.39, 0.29) is 32.9 Å². The third kappa shape index (κ3) is 5.29. The maximum Gasteiger partial charge on any atom is 0.363 e. The Morgan fingerprint density at radius 3 is 2.60 bits per heavy atom. The van der Waals surface area contributed by atoms with Crippen LogP contribution >= 0.6 is 23.2 Å². The van der Waals surface area contributed by atoms with E-state index in [4.69, 9.17) is 37.4 Å². The van der Waals surface area contributed by atoms with E-state index in [2.05, 4.69) is 4.99 Å². The minimum absolute atomic E-state index is 0.0331. The molecular formula is C25H18Cl2N2O6. The monoisotopic (exact) mass is 512 g/mol. The normalized spacial score (nSPS) is 14.0. The topological polar surface area (TPSA) is 100 Å². The first-order valence-corrected chi connectivity index (χ1v) is 11.0. The van der Waals surface area contributed by atoms with Crippen molar-refractivity contribution in [3.63, 3.8) is 0 Å². The van der Waals surface area contributed by atoms with Gasteiger partial charge in [-0.25, -0.2) is 9.79 Å². The van der Waals surface area contributed by atoms with Gasteiger partial charge in [-0.3, -0.25) is 10.1 Å². The van der Waals surface area contributed by atoms with Crippen molar-refractivity contribution in [2.45, 2.75) is 13.5 Å². The summed E-state index contributed by atoms with van der Waals surface area (Å²) in [5, 5.41) is 11.5. The fraction of sp³-hybridized carbons (Fsp3) is 0.120. The first kappa shape index (κ1) is 24.3. The van der Waals surface area contributed by atoms with Crippen molar-refractivity contribution in [3.05, 3.63) is 103 Å². The van der Waals surface area contributed by atoms with Gasteiger partial charge in [-0.1, -0.05) is 47.5 Å². The molecular weight excluding hydrogens is 495 g/mol. The number of non-ortho nitro benzene ring substituents is 1. The molecule has 0 radical (unpaired) electrons. The summed E-state index contributed by atoms with van der Waals surface area (Å²) in [5.74, 6) is -0.139. The lowest BCUT2D eigenvalue weighted by Crippen LogP contribution is -2.06. The number of aliphatic imine (C=N–C) groups is 1. The summed E-state index contributed by atoms with van der Waals surface area (Å²) < 4.78 is 16.6. The van der Waals surface area contributed by atoms with Gasteiger partial charge in [0.15, 0.2) is 17.2 Å². The molecule has 3 aromatic carbocycles. The number of esters is 1. The lowest BCUT2D eigenvalue weighted by Gasteiger charge is -2.14. The van der Waals surface area contributed by atoms with Crippen LogP contribution in [-0.4, -0.2) is 23.9 Å². The lowest BCUT2D eigenvalue weighted by atomic mass is 10.1. The Hall–Kier alpha value is -3.88. The maximum absolute atomic E-state index is 12.4. The molecule has 0 saturated carbocycles. The highest BCUT2D eigenvalue weighted by molar-refractivity contribution is 6.34. The molecule has 1 aliphatic heterocycles. The van der Waals surface area contributed by atoms with Crippen molar-refractivity contribution in [1.29, 1.82) is 0 Å². The number of rotatable bonds is 7. The molecule has 3 aromatic rings. The first-order chi connectivity index (χ1) is 16.8. The first-order valence-electron chi connectivity index (χ1n) is 10.3. The van der Waals surface area contributed by atoms with Gasteiger partial charge in [-0.2, -0.15) is 0 Å². The van der Waals surface area contributed by atoms with Crippen LogP contribution in [-0.2, 0) is 16.1 Å². The summed E-state index contributed by atoms with van der Waals surface area (Å²) in [7, 11) is 1.48. The van der Waals surface area contributed by atoms with Crippen LogP contribution in [0.5, 0.6) is 11.5 Å². The number of hydrogen-bond donors (Lipinski definition) is 0. The molecule has 0 aromatic heterocycles. The standard InChI is InChI=1S/C25H18Cl2N2O6/c1-14-5-3-4-6-16(14)13-34-23-20(27)9-15(11-22(23)33-2)10-21-25(30)35-24(28-21)18-12-17(29(31)32)7-8-19(18)26/h3-12H,13H2,1-2H3/b21-10-. The highest BCUT2D eigenvalue weighted by atomic mass is 35.5. The molecule has 1 heterocycles. The Morgan fingerprint density at radius 2 is 1.89 bits per heavy atom. The van der Waals surface area contributed by atoms with E-state index < -0.39 is 10.9 Å². The maximum atomic E-state index is 12.4. The second-order valence-corrected chi connectivity index (χ2v) is 8.32. The predicted molar refractivity (Wildman–Crippen MR) is 132 cm³/mol. The van der Waals surface area contributed by atoms with Crippen LogP contribution in [0.25, 0.3) is 6.08 Å². The molecule has 0 amide bonds. The molecule has 0 spiro atoms. The average Bonchev–Trinajstić information content (AvgIpc) is 3.18. The number of carbonyl (C=O) groups is 1. The number of nitro benzene ring substituents is 1. The SMILES string of the molecule is COc1cc(/C=C2\N=C(c3cc([N+](=O)[O-])ccc3Cl)OC2=O)cc(Cl)c1OCc1ccccc1C. The Morgan fingerprint density at radius 1 is 1.11 bits per heavy atom. The van der Waals surface area contributed by atoms with Gasteiger partial charge in [0.2, 0.25) is 5.90 Å². The molecule has 4 rings (SSSR count). The van der Waals surface area contributed by atoms with E-state index in [1.807, 2.05) is 31.2 Å². The Bertz CT molecular complexity index is 1400. The molecule has 0 bridgehead atoms. The Kier molecular flexibility index (Phi) is 7.04. The number of cyclic esters (lactones) is 1. The second kappa shape index (κ2) is 10.2. The summed E-state index contributed by atoms with van der Waals surface area (Å²) in [6, 6.07) is 14.9. The minimum Gasteiger partial charge on any atom is -0.493 e. The Labute approximate surface area is 210 Å². The van der Waals surface area contributed by atoms with Crippen molar-refractivity contribution in [2.75, 3.05) is 7.11 Å². The number of ether oxygens (including phenoxy) is 3. The van der Waals surface area contributed by atoms with E-state index in [1.54, 1.807) is 12.1 Å².